The molecule has 262 valence electrons. The second-order valence-corrected chi connectivity index (χ2v) is 16.5. The van der Waals surface area contributed by atoms with Crippen LogP contribution in [0.1, 0.15) is 94.2 Å². The minimum absolute atomic E-state index is 0. The van der Waals surface area contributed by atoms with Crippen molar-refractivity contribution in [3.63, 3.8) is 0 Å². The van der Waals surface area contributed by atoms with Crippen LogP contribution in [0.5, 0.6) is 0 Å². The van der Waals surface area contributed by atoms with Gasteiger partial charge in [0.25, 0.3) is 0 Å². The third-order valence-electron chi connectivity index (χ3n) is 11.2. The molecule has 1 amide bonds. The van der Waals surface area contributed by atoms with Crippen molar-refractivity contribution in [2.45, 2.75) is 109 Å². The molecule has 1 aliphatic heterocycles. The number of aryl methyl sites for hydroxylation is 5. The molecule has 1 atom stereocenters. The summed E-state index contributed by atoms with van der Waals surface area (Å²) >= 11 is 5.58. The first-order valence-electron chi connectivity index (χ1n) is 18.0. The molecule has 9 nitrogen and oxygen atoms in total. The van der Waals surface area contributed by atoms with Crippen molar-refractivity contribution in [2.75, 3.05) is 24.4 Å². The van der Waals surface area contributed by atoms with Gasteiger partial charge in [-0.2, -0.15) is 5.10 Å². The number of halogens is 1. The molecular weight excluding hydrogens is 681 g/mol. The van der Waals surface area contributed by atoms with Crippen molar-refractivity contribution in [1.82, 2.24) is 14.7 Å². The molecule has 1 saturated heterocycles. The topological polar surface area (TPSA) is 107 Å². The van der Waals surface area contributed by atoms with E-state index in [0.717, 1.165) is 76.3 Å². The van der Waals surface area contributed by atoms with Gasteiger partial charge in [0.05, 0.1) is 23.8 Å². The van der Waals surface area contributed by atoms with Gasteiger partial charge in [-0.05, 0) is 171 Å². The average molecular weight is 728 g/mol. The van der Waals surface area contributed by atoms with E-state index in [1.807, 2.05) is 7.05 Å². The first-order valence-corrected chi connectivity index (χ1v) is 19.8. The fourth-order valence-electron chi connectivity index (χ4n) is 9.18. The molecule has 2 aromatic carbocycles. The predicted octanol–water partition coefficient (Wildman–Crippen LogP) is 2.66. The molecule has 1 aromatic heterocycles. The van der Waals surface area contributed by atoms with Gasteiger partial charge in [-0.25, -0.2) is 8.42 Å². The van der Waals surface area contributed by atoms with Crippen LogP contribution in [0.25, 0.3) is 4.72 Å². The molecule has 4 aliphatic carbocycles. The van der Waals surface area contributed by atoms with Crippen molar-refractivity contribution < 1.29 is 47.6 Å². The average Bonchev–Trinajstić information content (AvgIpc) is 3.88. The number of likely N-dealkylation sites (tertiary alicyclic amines) is 1. The summed E-state index contributed by atoms with van der Waals surface area (Å²) < 4.78 is 33.7. The maximum atomic E-state index is 13.5. The van der Waals surface area contributed by atoms with Crippen LogP contribution in [-0.4, -0.2) is 60.4 Å². The molecule has 3 aromatic rings. The molecule has 5 aliphatic rings. The quantitative estimate of drug-likeness (QED) is 0.261. The van der Waals surface area contributed by atoms with E-state index in [0.29, 0.717) is 18.7 Å². The molecule has 50 heavy (non-hydrogen) atoms. The summed E-state index contributed by atoms with van der Waals surface area (Å²) in [7, 11) is -0.469. The molecule has 0 saturated carbocycles. The standard InChI is InChI=1S/C24H33N5O3S.C14H15ClO.Na/c1-27-11-5-8-19(15-27)29(20-14-25-28(2)16-20)33(31,32)26-24(30)13-23-21-9-3-6-17(21)12-18-7-4-10-22(18)23;15-14(16)8-13-11-5-1-3-9(11)7-10-4-2-6-12(10)13;/h12,14,16,19H,3-11,13,15H2,1-2H3,(H,26,30);7H,1-6,8H2;/q;;+1/p-1. The Morgan fingerprint density at radius 3 is 1.76 bits per heavy atom. The Balaban J connectivity index is 0.000000213. The third kappa shape index (κ3) is 7.91. The van der Waals surface area contributed by atoms with Crippen LogP contribution >= 0.6 is 11.6 Å². The number of nitrogens with zero attached hydrogens (tertiary/aromatic N) is 5. The van der Waals surface area contributed by atoms with Crippen LogP contribution in [-0.2, 0) is 91.1 Å². The first-order chi connectivity index (χ1) is 23.6. The van der Waals surface area contributed by atoms with Crippen LogP contribution in [0.3, 0.4) is 0 Å². The number of amides is 1. The molecule has 8 rings (SSSR count). The van der Waals surface area contributed by atoms with Crippen molar-refractivity contribution >= 4 is 38.6 Å². The van der Waals surface area contributed by atoms with Gasteiger partial charge < -0.3 is 14.4 Å². The number of anilines is 1. The molecule has 0 radical (unpaired) electrons. The summed E-state index contributed by atoms with van der Waals surface area (Å²) in [5.74, 6) is -0.581. The van der Waals surface area contributed by atoms with Crippen LogP contribution in [0.4, 0.5) is 5.69 Å². The molecule has 0 spiro atoms. The van der Waals surface area contributed by atoms with Crippen molar-refractivity contribution in [3.05, 3.63) is 84.9 Å². The summed E-state index contributed by atoms with van der Waals surface area (Å²) in [5.41, 5.74) is 13.8. The van der Waals surface area contributed by atoms with Crippen molar-refractivity contribution in [2.24, 2.45) is 7.05 Å². The van der Waals surface area contributed by atoms with Crippen LogP contribution in [0.2, 0.25) is 0 Å². The van der Waals surface area contributed by atoms with E-state index >= 15 is 0 Å². The van der Waals surface area contributed by atoms with E-state index in [2.05, 4.69) is 26.9 Å². The Kier molecular flexibility index (Phi) is 11.9. The van der Waals surface area contributed by atoms with Gasteiger partial charge in [0, 0.05) is 32.6 Å². The number of hydrogen-bond donors (Lipinski definition) is 0. The molecule has 12 heteroatoms. The zero-order valence-corrected chi connectivity index (χ0v) is 33.3. The monoisotopic (exact) mass is 727 g/mol. The molecule has 1 unspecified atom stereocenters. The van der Waals surface area contributed by atoms with Gasteiger partial charge in [-0.15, -0.1) is 0 Å². The number of carbonyl (C=O) groups excluding carboxylic acids is 2. The van der Waals surface area contributed by atoms with Gasteiger partial charge >= 0.3 is 29.6 Å². The third-order valence-corrected chi connectivity index (χ3v) is 12.8. The minimum atomic E-state index is -4.20. The summed E-state index contributed by atoms with van der Waals surface area (Å²) in [5, 5.41) is 3.95. The second kappa shape index (κ2) is 15.8. The number of likely N-dealkylation sites (N-methyl/N-ethyl adjacent to an activating group) is 1. The molecule has 0 N–H and O–H groups in total. The van der Waals surface area contributed by atoms with E-state index < -0.39 is 16.1 Å². The smallest absolute Gasteiger partial charge is 0.528 e. The number of fused-ring (bicyclic) bond motifs is 4. The largest absolute Gasteiger partial charge is 1.00 e. The van der Waals surface area contributed by atoms with Crippen LogP contribution in [0.15, 0.2) is 24.5 Å². The Morgan fingerprint density at radius 1 is 0.820 bits per heavy atom. The maximum Gasteiger partial charge on any atom is 1.00 e. The van der Waals surface area contributed by atoms with Gasteiger partial charge in [0.2, 0.25) is 5.24 Å². The fourth-order valence-corrected chi connectivity index (χ4v) is 10.6. The Hall–Kier alpha value is -2.21. The van der Waals surface area contributed by atoms with Gasteiger partial charge in [-0.1, -0.05) is 12.1 Å². The number of hydrogen-bond acceptors (Lipinski definition) is 6. The Labute approximate surface area is 324 Å². The zero-order chi connectivity index (χ0) is 34.3. The summed E-state index contributed by atoms with van der Waals surface area (Å²) in [6.07, 6.45) is 18.7. The molecule has 1 fully saturated rings. The van der Waals surface area contributed by atoms with E-state index in [4.69, 9.17) is 11.6 Å². The second-order valence-electron chi connectivity index (χ2n) is 14.6. The van der Waals surface area contributed by atoms with Crippen molar-refractivity contribution in [3.8, 4) is 0 Å². The number of rotatable bonds is 8. The molecular formula is C38H47ClN5NaO4S. The van der Waals surface area contributed by atoms with E-state index in [-0.39, 0.29) is 47.3 Å². The van der Waals surface area contributed by atoms with Crippen LogP contribution in [0, 0.1) is 0 Å². The number of benzene rings is 2. The summed E-state index contributed by atoms with van der Waals surface area (Å²) in [6, 6.07) is 4.42. The fraction of sp³-hybridized carbons (Fsp3) is 0.553. The first kappa shape index (κ1) is 37.5. The van der Waals surface area contributed by atoms with Gasteiger partial charge in [-0.3, -0.25) is 13.8 Å². The number of aromatic nitrogens is 2. The van der Waals surface area contributed by atoms with Gasteiger partial charge in [0.1, 0.15) is 0 Å². The van der Waals surface area contributed by atoms with E-state index in [1.165, 1.54) is 86.3 Å². The SMILES string of the molecule is CN1CCCC(N(c2cnn(C)c2)S(=O)(=O)[N-]C(=O)Cc2c3c(cc4c2CCC4)CCC3)C1.O=C(Cl)Cc1c2c(cc3c1CCC3)CCC2.[Na+]. The van der Waals surface area contributed by atoms with E-state index in [1.54, 1.807) is 17.9 Å². The molecule has 0 bridgehead atoms. The Bertz CT molecular complexity index is 1830. The maximum absolute atomic E-state index is 13.5. The van der Waals surface area contributed by atoms with Crippen molar-refractivity contribution in [1.29, 1.82) is 0 Å². The molecule has 2 heterocycles. The normalized spacial score (nSPS) is 19.1. The van der Waals surface area contributed by atoms with Gasteiger partial charge in [0.15, 0.2) is 10.2 Å². The van der Waals surface area contributed by atoms with E-state index in [9.17, 15) is 18.0 Å². The number of piperidine rings is 1. The zero-order valence-electron chi connectivity index (χ0n) is 29.8. The minimum Gasteiger partial charge on any atom is -0.528 e. The summed E-state index contributed by atoms with van der Waals surface area (Å²) in [4.78, 5) is 26.4. The summed E-state index contributed by atoms with van der Waals surface area (Å²) in [6.45, 7) is 1.52. The Morgan fingerprint density at radius 2 is 1.32 bits per heavy atom. The number of carbonyl (C=O) groups is 2. The van der Waals surface area contributed by atoms with Crippen LogP contribution < -0.4 is 33.9 Å². The predicted molar refractivity (Wildman–Crippen MR) is 193 cm³/mol.